The van der Waals surface area contributed by atoms with E-state index in [1.807, 2.05) is 0 Å². The van der Waals surface area contributed by atoms with Gasteiger partial charge in [-0.3, -0.25) is 0 Å². The maximum absolute atomic E-state index is 7.57. The molecule has 26 valence electrons. The summed E-state index contributed by atoms with van der Waals surface area (Å²) in [6, 6.07) is 0. The van der Waals surface area contributed by atoms with Crippen molar-refractivity contribution in [2.24, 2.45) is 0 Å². The fourth-order valence-corrected chi connectivity index (χ4v) is 0. The van der Waals surface area contributed by atoms with Crippen LogP contribution >= 0.6 is 0 Å². The highest BCUT2D eigenvalue weighted by molar-refractivity contribution is 6.38. The Kier molecular flexibility index (Phi) is 2.26. The fourth-order valence-electron chi connectivity index (χ4n) is 0. The van der Waals surface area contributed by atoms with Crippen molar-refractivity contribution in [2.75, 3.05) is 0 Å². The second kappa shape index (κ2) is 2.26. The highest BCUT2D eigenvalue weighted by Crippen LogP contribution is 1.58. The Labute approximate surface area is 31.2 Å². The van der Waals surface area contributed by atoms with Crippen molar-refractivity contribution in [3.8, 4) is 0 Å². The molecule has 0 atom stereocenters. The first kappa shape index (κ1) is 5.01. The van der Waals surface area contributed by atoms with Gasteiger partial charge in [0.05, 0.1) is 0 Å². The van der Waals surface area contributed by atoms with E-state index in [4.69, 9.17) is 10.0 Å². The molecule has 0 aromatic heterocycles. The van der Waals surface area contributed by atoms with Crippen molar-refractivity contribution in [3.63, 3.8) is 0 Å². The smallest absolute Gasteiger partial charge is 0.458 e. The van der Waals surface area contributed by atoms with Crippen LogP contribution in [-0.4, -0.2) is 25.4 Å². The van der Waals surface area contributed by atoms with Gasteiger partial charge in [-0.25, -0.2) is 0 Å². The van der Waals surface area contributed by atoms with Gasteiger partial charge < -0.3 is 14.6 Å². The molecular weight excluding hydrogens is 69.6 g/mol. The summed E-state index contributed by atoms with van der Waals surface area (Å²) in [5.41, 5.74) is 0. The topological polar surface area (TPSA) is 49.7 Å². The number of rotatable bonds is 1. The summed E-state index contributed by atoms with van der Waals surface area (Å²) in [6.45, 7) is 0. The van der Waals surface area contributed by atoms with E-state index >= 15 is 0 Å². The first-order valence-corrected chi connectivity index (χ1v) is 0.988. The molecule has 0 aromatic rings. The normalized spacial score (nSPS) is 7.60. The second-order valence-corrected chi connectivity index (χ2v) is 0.462. The molecule has 5 heteroatoms. The zero-order valence-electron chi connectivity index (χ0n) is 2.46. The fraction of sp³-hybridized carbons (Fsp3) is 0. The van der Waals surface area contributed by atoms with E-state index in [0.717, 1.165) is 0 Å². The Morgan fingerprint density at radius 2 is 1.80 bits per heavy atom. The maximum atomic E-state index is 7.57. The van der Waals surface area contributed by atoms with Crippen molar-refractivity contribution in [1.29, 1.82) is 0 Å². The van der Waals surface area contributed by atoms with Crippen molar-refractivity contribution < 1.29 is 14.6 Å². The monoisotopic (exact) mass is 72.0 g/mol. The largest absolute Gasteiger partial charge is 0.617 e. The minimum Gasteiger partial charge on any atom is -0.458 e. The molecular formula is H2B2O3. The molecule has 0 saturated carbocycles. The van der Waals surface area contributed by atoms with Gasteiger partial charge in [-0.2, -0.15) is 0 Å². The van der Waals surface area contributed by atoms with Crippen LogP contribution in [0.4, 0.5) is 0 Å². The summed E-state index contributed by atoms with van der Waals surface area (Å²) in [4.78, 5) is 0. The highest BCUT2D eigenvalue weighted by Gasteiger charge is 1.99. The minimum absolute atomic E-state index is 1.84. The molecule has 0 aliphatic carbocycles. The third-order valence-electron chi connectivity index (χ3n) is 0.122. The lowest BCUT2D eigenvalue weighted by molar-refractivity contribution is 0.299. The Bertz CT molecular complexity index is 18.9. The molecule has 0 unspecified atom stereocenters. The quantitative estimate of drug-likeness (QED) is 0.354. The zero-order valence-corrected chi connectivity index (χ0v) is 2.46. The van der Waals surface area contributed by atoms with Crippen molar-refractivity contribution in [2.45, 2.75) is 0 Å². The van der Waals surface area contributed by atoms with Crippen LogP contribution in [0, 0.1) is 0 Å². The summed E-state index contributed by atoms with van der Waals surface area (Å²) in [5.74, 6) is 0. The van der Waals surface area contributed by atoms with Crippen LogP contribution in [0.2, 0.25) is 0 Å². The van der Waals surface area contributed by atoms with Gasteiger partial charge in [-0.15, -0.1) is 0 Å². The Morgan fingerprint density at radius 3 is 1.80 bits per heavy atom. The van der Waals surface area contributed by atoms with Crippen LogP contribution < -0.4 is 0 Å². The summed E-state index contributed by atoms with van der Waals surface area (Å²) >= 11 is 0. The highest BCUT2D eigenvalue weighted by atomic mass is 16.6. The molecule has 0 bridgehead atoms. The van der Waals surface area contributed by atoms with Crippen LogP contribution in [-0.2, 0) is 4.57 Å². The molecule has 5 heavy (non-hydrogen) atoms. The van der Waals surface area contributed by atoms with Gasteiger partial charge in [0.15, 0.2) is 0 Å². The lowest BCUT2D eigenvalue weighted by Crippen LogP contribution is -2.13. The second-order valence-electron chi connectivity index (χ2n) is 0.462. The molecule has 0 heterocycles. The van der Waals surface area contributed by atoms with Gasteiger partial charge in [0.2, 0.25) is 0 Å². The molecule has 0 spiro atoms. The van der Waals surface area contributed by atoms with Crippen LogP contribution in [0.5, 0.6) is 0 Å². The Hall–Kier alpha value is 0.00987. The van der Waals surface area contributed by atoms with Gasteiger partial charge in [0, 0.05) is 0 Å². The molecule has 2 N–H and O–H groups in total. The molecule has 3 nitrogen and oxygen atoms in total. The Balaban J connectivity index is 2.54. The zero-order chi connectivity index (χ0) is 4.28. The summed E-state index contributed by atoms with van der Waals surface area (Å²) in [7, 11) is 2.33. The standard InChI is InChI=1S/B2H2O3/c1-5-2(3)4/h3-4H. The molecule has 0 amide bonds. The minimum atomic E-state index is -1.84. The van der Waals surface area contributed by atoms with Crippen LogP contribution in [0.3, 0.4) is 0 Å². The lowest BCUT2D eigenvalue weighted by Gasteiger charge is -1.85. The van der Waals surface area contributed by atoms with E-state index in [1.54, 1.807) is 0 Å². The number of hydrogen-bond acceptors (Lipinski definition) is 3. The van der Waals surface area contributed by atoms with Crippen molar-refractivity contribution in [3.05, 3.63) is 0 Å². The first-order valence-electron chi connectivity index (χ1n) is 0.988. The van der Waals surface area contributed by atoms with Gasteiger partial charge in [-0.1, -0.05) is 0 Å². The van der Waals surface area contributed by atoms with Crippen LogP contribution in [0.25, 0.3) is 0 Å². The summed E-state index contributed by atoms with van der Waals surface area (Å²) in [5, 5.41) is 15.1. The maximum Gasteiger partial charge on any atom is 0.617 e. The molecule has 0 rings (SSSR count). The van der Waals surface area contributed by atoms with E-state index in [0.29, 0.717) is 0 Å². The van der Waals surface area contributed by atoms with Crippen LogP contribution in [0.1, 0.15) is 0 Å². The Morgan fingerprint density at radius 1 is 1.60 bits per heavy atom. The molecule has 0 aliphatic rings. The molecule has 0 aliphatic heterocycles. The van der Waals surface area contributed by atoms with E-state index < -0.39 is 7.32 Å². The van der Waals surface area contributed by atoms with E-state index in [9.17, 15) is 0 Å². The molecule has 0 aromatic carbocycles. The van der Waals surface area contributed by atoms with Crippen molar-refractivity contribution in [1.82, 2.24) is 0 Å². The van der Waals surface area contributed by atoms with E-state index in [-0.39, 0.29) is 0 Å². The summed E-state index contributed by atoms with van der Waals surface area (Å²) < 4.78 is 3.36. The van der Waals surface area contributed by atoms with E-state index in [2.05, 4.69) is 12.6 Å². The molecule has 0 saturated heterocycles. The predicted molar refractivity (Wildman–Crippen MR) is 17.0 cm³/mol. The van der Waals surface area contributed by atoms with Gasteiger partial charge >= 0.3 is 7.32 Å². The van der Waals surface area contributed by atoms with Gasteiger partial charge in [0.25, 0.3) is 8.05 Å². The van der Waals surface area contributed by atoms with Gasteiger partial charge in [0.1, 0.15) is 0 Å². The SMILES string of the molecule is [B]OB(O)O. The van der Waals surface area contributed by atoms with Crippen molar-refractivity contribution >= 4 is 15.4 Å². The first-order chi connectivity index (χ1) is 2.27. The van der Waals surface area contributed by atoms with Gasteiger partial charge in [-0.05, 0) is 0 Å². The van der Waals surface area contributed by atoms with Crippen LogP contribution in [0.15, 0.2) is 0 Å². The summed E-state index contributed by atoms with van der Waals surface area (Å²) in [6.07, 6.45) is 0. The third kappa shape index (κ3) is 4.01. The van der Waals surface area contributed by atoms with E-state index in [1.165, 1.54) is 0 Å². The molecule has 0 fully saturated rings. The third-order valence-corrected chi connectivity index (χ3v) is 0.122. The number of hydrogen-bond donors (Lipinski definition) is 2. The average Bonchev–Trinajstić information content (AvgIpc) is 1.38. The molecule has 2 radical (unpaired) electrons. The average molecular weight is 71.6 g/mol. The lowest BCUT2D eigenvalue weighted by atomic mass is 10.2. The predicted octanol–water partition coefficient (Wildman–Crippen LogP) is -1.94.